The SMILES string of the molecule is Cc1ccc(C(=O)c2ccc3ncccc3c2)c(Cl)c1. The Bertz CT molecular complexity index is 811. The first-order chi connectivity index (χ1) is 9.65. The molecule has 0 aliphatic heterocycles. The Morgan fingerprint density at radius 2 is 1.95 bits per heavy atom. The van der Waals surface area contributed by atoms with Crippen LogP contribution < -0.4 is 0 Å². The third-order valence-electron chi connectivity index (χ3n) is 3.23. The molecule has 0 unspecified atom stereocenters. The minimum absolute atomic E-state index is 0.0687. The Labute approximate surface area is 122 Å². The molecule has 0 atom stereocenters. The summed E-state index contributed by atoms with van der Waals surface area (Å²) < 4.78 is 0. The van der Waals surface area contributed by atoms with Gasteiger partial charge in [-0.15, -0.1) is 0 Å². The first kappa shape index (κ1) is 12.8. The van der Waals surface area contributed by atoms with E-state index in [1.54, 1.807) is 24.4 Å². The van der Waals surface area contributed by atoms with Crippen LogP contribution >= 0.6 is 11.6 Å². The van der Waals surface area contributed by atoms with E-state index in [9.17, 15) is 4.79 Å². The van der Waals surface area contributed by atoms with Crippen LogP contribution in [0.15, 0.2) is 54.7 Å². The zero-order chi connectivity index (χ0) is 14.1. The molecule has 3 aromatic rings. The minimum Gasteiger partial charge on any atom is -0.289 e. The Balaban J connectivity index is 2.08. The zero-order valence-electron chi connectivity index (χ0n) is 10.9. The third kappa shape index (κ3) is 2.30. The van der Waals surface area contributed by atoms with Gasteiger partial charge in [-0.05, 0) is 48.9 Å². The molecule has 3 heteroatoms. The Morgan fingerprint density at radius 3 is 2.75 bits per heavy atom. The molecule has 1 aromatic heterocycles. The Morgan fingerprint density at radius 1 is 1.10 bits per heavy atom. The number of aromatic nitrogens is 1. The topological polar surface area (TPSA) is 30.0 Å². The Kier molecular flexibility index (Phi) is 3.25. The van der Waals surface area contributed by atoms with Gasteiger partial charge in [-0.2, -0.15) is 0 Å². The van der Waals surface area contributed by atoms with Crippen LogP contribution in [0, 0.1) is 6.92 Å². The lowest BCUT2D eigenvalue weighted by Crippen LogP contribution is -2.02. The first-order valence-electron chi connectivity index (χ1n) is 6.31. The first-order valence-corrected chi connectivity index (χ1v) is 6.68. The van der Waals surface area contributed by atoms with Gasteiger partial charge in [-0.25, -0.2) is 0 Å². The van der Waals surface area contributed by atoms with Gasteiger partial charge in [0.2, 0.25) is 0 Å². The minimum atomic E-state index is -0.0687. The summed E-state index contributed by atoms with van der Waals surface area (Å²) in [7, 11) is 0. The van der Waals surface area contributed by atoms with Crippen molar-refractivity contribution in [3.63, 3.8) is 0 Å². The molecular formula is C17H12ClNO. The molecule has 0 radical (unpaired) electrons. The van der Waals surface area contributed by atoms with Gasteiger partial charge in [-0.1, -0.05) is 23.7 Å². The molecule has 0 saturated heterocycles. The summed E-state index contributed by atoms with van der Waals surface area (Å²) in [5.74, 6) is -0.0687. The van der Waals surface area contributed by atoms with Gasteiger partial charge < -0.3 is 0 Å². The van der Waals surface area contributed by atoms with E-state index < -0.39 is 0 Å². The maximum Gasteiger partial charge on any atom is 0.194 e. The summed E-state index contributed by atoms with van der Waals surface area (Å²) in [6.45, 7) is 1.95. The van der Waals surface area contributed by atoms with E-state index in [-0.39, 0.29) is 5.78 Å². The number of aryl methyl sites for hydroxylation is 1. The number of halogens is 1. The number of nitrogens with zero attached hydrogens (tertiary/aromatic N) is 1. The van der Waals surface area contributed by atoms with Crippen LogP contribution in [0.2, 0.25) is 5.02 Å². The van der Waals surface area contributed by atoms with Crippen molar-refractivity contribution in [2.75, 3.05) is 0 Å². The number of rotatable bonds is 2. The van der Waals surface area contributed by atoms with Crippen molar-refractivity contribution >= 4 is 28.3 Å². The van der Waals surface area contributed by atoms with E-state index in [1.807, 2.05) is 37.3 Å². The highest BCUT2D eigenvalue weighted by atomic mass is 35.5. The van der Waals surface area contributed by atoms with Crippen LogP contribution in [0.4, 0.5) is 0 Å². The second kappa shape index (κ2) is 5.06. The molecular weight excluding hydrogens is 270 g/mol. The molecule has 3 rings (SSSR count). The molecule has 0 fully saturated rings. The number of benzene rings is 2. The van der Waals surface area contributed by atoms with Crippen molar-refractivity contribution in [2.24, 2.45) is 0 Å². The van der Waals surface area contributed by atoms with Crippen molar-refractivity contribution in [2.45, 2.75) is 6.92 Å². The Hall–Kier alpha value is -2.19. The van der Waals surface area contributed by atoms with Crippen LogP contribution in [0.1, 0.15) is 21.5 Å². The van der Waals surface area contributed by atoms with Crippen molar-refractivity contribution in [3.05, 3.63) is 76.4 Å². The number of carbonyl (C=O) groups excluding carboxylic acids is 1. The van der Waals surface area contributed by atoms with Gasteiger partial charge in [0.1, 0.15) is 0 Å². The molecule has 98 valence electrons. The summed E-state index contributed by atoms with van der Waals surface area (Å²) >= 11 is 6.16. The second-order valence-corrected chi connectivity index (χ2v) is 5.13. The zero-order valence-corrected chi connectivity index (χ0v) is 11.7. The summed E-state index contributed by atoms with van der Waals surface area (Å²) in [5.41, 5.74) is 3.06. The number of fused-ring (bicyclic) bond motifs is 1. The van der Waals surface area contributed by atoms with Crippen molar-refractivity contribution < 1.29 is 4.79 Å². The van der Waals surface area contributed by atoms with E-state index in [4.69, 9.17) is 11.6 Å². The van der Waals surface area contributed by atoms with E-state index in [0.29, 0.717) is 16.1 Å². The molecule has 0 amide bonds. The summed E-state index contributed by atoms with van der Waals surface area (Å²) in [4.78, 5) is 16.8. The molecule has 1 heterocycles. The van der Waals surface area contributed by atoms with Gasteiger partial charge in [0.05, 0.1) is 10.5 Å². The highest BCUT2D eigenvalue weighted by molar-refractivity contribution is 6.35. The fourth-order valence-corrected chi connectivity index (χ4v) is 2.50. The van der Waals surface area contributed by atoms with Gasteiger partial charge in [0, 0.05) is 22.7 Å². The van der Waals surface area contributed by atoms with Gasteiger partial charge >= 0.3 is 0 Å². The predicted octanol–water partition coefficient (Wildman–Crippen LogP) is 4.43. The molecule has 0 spiro atoms. The summed E-state index contributed by atoms with van der Waals surface area (Å²) in [6.07, 6.45) is 1.74. The van der Waals surface area contributed by atoms with Crippen molar-refractivity contribution in [1.82, 2.24) is 4.98 Å². The van der Waals surface area contributed by atoms with E-state index in [1.165, 1.54) is 0 Å². The number of ketones is 1. The maximum absolute atomic E-state index is 12.5. The van der Waals surface area contributed by atoms with Crippen LogP contribution in [-0.4, -0.2) is 10.8 Å². The van der Waals surface area contributed by atoms with Gasteiger partial charge in [-0.3, -0.25) is 9.78 Å². The number of hydrogen-bond acceptors (Lipinski definition) is 2. The molecule has 0 saturated carbocycles. The lowest BCUT2D eigenvalue weighted by atomic mass is 10.0. The normalized spacial score (nSPS) is 10.7. The quantitative estimate of drug-likeness (QED) is 0.651. The lowest BCUT2D eigenvalue weighted by molar-refractivity contribution is 0.103. The molecule has 2 aromatic carbocycles. The van der Waals surface area contributed by atoms with Crippen LogP contribution in [0.5, 0.6) is 0 Å². The largest absolute Gasteiger partial charge is 0.289 e. The van der Waals surface area contributed by atoms with Crippen LogP contribution in [-0.2, 0) is 0 Å². The third-order valence-corrected chi connectivity index (χ3v) is 3.55. The fraction of sp³-hybridized carbons (Fsp3) is 0.0588. The maximum atomic E-state index is 12.5. The average Bonchev–Trinajstić information content (AvgIpc) is 2.46. The highest BCUT2D eigenvalue weighted by Gasteiger charge is 2.13. The number of carbonyl (C=O) groups is 1. The van der Waals surface area contributed by atoms with Gasteiger partial charge in [0.15, 0.2) is 5.78 Å². The molecule has 0 aliphatic carbocycles. The lowest BCUT2D eigenvalue weighted by Gasteiger charge is -2.06. The smallest absolute Gasteiger partial charge is 0.194 e. The standard InChI is InChI=1S/C17H12ClNO/c1-11-4-6-14(15(18)9-11)17(20)13-5-7-16-12(10-13)3-2-8-19-16/h2-10H,1H3. The van der Waals surface area contributed by atoms with E-state index in [0.717, 1.165) is 16.5 Å². The van der Waals surface area contributed by atoms with E-state index in [2.05, 4.69) is 4.98 Å². The number of hydrogen-bond donors (Lipinski definition) is 0. The predicted molar refractivity (Wildman–Crippen MR) is 81.4 cm³/mol. The van der Waals surface area contributed by atoms with Crippen LogP contribution in [0.3, 0.4) is 0 Å². The number of pyridine rings is 1. The molecule has 0 bridgehead atoms. The summed E-state index contributed by atoms with van der Waals surface area (Å²) in [6, 6.07) is 14.7. The molecule has 2 nitrogen and oxygen atoms in total. The van der Waals surface area contributed by atoms with Crippen LogP contribution in [0.25, 0.3) is 10.9 Å². The van der Waals surface area contributed by atoms with Gasteiger partial charge in [0.25, 0.3) is 0 Å². The second-order valence-electron chi connectivity index (χ2n) is 4.72. The fourth-order valence-electron chi connectivity index (χ4n) is 2.18. The monoisotopic (exact) mass is 281 g/mol. The molecule has 0 aliphatic rings. The highest BCUT2D eigenvalue weighted by Crippen LogP contribution is 2.22. The molecule has 20 heavy (non-hydrogen) atoms. The van der Waals surface area contributed by atoms with Crippen molar-refractivity contribution in [1.29, 1.82) is 0 Å². The average molecular weight is 282 g/mol. The van der Waals surface area contributed by atoms with E-state index >= 15 is 0 Å². The van der Waals surface area contributed by atoms with Crippen molar-refractivity contribution in [3.8, 4) is 0 Å². The molecule has 0 N–H and O–H groups in total. The summed E-state index contributed by atoms with van der Waals surface area (Å²) in [5, 5.41) is 1.43.